The van der Waals surface area contributed by atoms with Crippen molar-refractivity contribution in [2.45, 2.75) is 33.2 Å². The minimum absolute atomic E-state index is 0.109. The van der Waals surface area contributed by atoms with Crippen LogP contribution in [0.25, 0.3) is 0 Å². The third kappa shape index (κ3) is 4.47. The molecule has 0 bridgehead atoms. The summed E-state index contributed by atoms with van der Waals surface area (Å²) in [5.74, 6) is 1.69. The van der Waals surface area contributed by atoms with Gasteiger partial charge in [-0.25, -0.2) is 4.79 Å². The largest absolute Gasteiger partial charge is 0.452 e. The lowest BCUT2D eigenvalue weighted by Gasteiger charge is -2.17. The smallest absolute Gasteiger partial charge is 0.413 e. The summed E-state index contributed by atoms with van der Waals surface area (Å²) >= 11 is 0. The van der Waals surface area contributed by atoms with Crippen LogP contribution in [0.2, 0.25) is 0 Å². The van der Waals surface area contributed by atoms with Crippen LogP contribution in [0, 0.1) is 5.92 Å². The molecule has 24 heavy (non-hydrogen) atoms. The fourth-order valence-electron chi connectivity index (χ4n) is 2.21. The molecule has 2 aromatic rings. The van der Waals surface area contributed by atoms with Gasteiger partial charge < -0.3 is 14.5 Å². The first-order valence-electron chi connectivity index (χ1n) is 7.91. The predicted octanol–water partition coefficient (Wildman–Crippen LogP) is 3.64. The Labute approximate surface area is 142 Å². The Morgan fingerprint density at radius 1 is 1.25 bits per heavy atom. The normalized spacial score (nSPS) is 12.1. The van der Waals surface area contributed by atoms with Gasteiger partial charge in [-0.2, -0.15) is 0 Å². The quantitative estimate of drug-likeness (QED) is 0.870. The fourth-order valence-corrected chi connectivity index (χ4v) is 2.21. The molecule has 2 rings (SSSR count). The highest BCUT2D eigenvalue weighted by atomic mass is 16.5. The van der Waals surface area contributed by atoms with Crippen LogP contribution in [0.5, 0.6) is 0 Å². The molecular weight excluding hydrogens is 308 g/mol. The number of nitrogens with one attached hydrogen (secondary N) is 1. The van der Waals surface area contributed by atoms with Crippen LogP contribution in [0.1, 0.15) is 38.6 Å². The first kappa shape index (κ1) is 17.8. The van der Waals surface area contributed by atoms with Gasteiger partial charge in [-0.3, -0.25) is 4.90 Å². The SMILES string of the molecule is COC(=O)N(C)c1ccc(N[C@H](C)c2nnc(CC(C)C)o2)cc1. The number of rotatable bonds is 6. The van der Waals surface area contributed by atoms with Gasteiger partial charge in [0.1, 0.15) is 6.04 Å². The van der Waals surface area contributed by atoms with E-state index >= 15 is 0 Å². The third-order valence-electron chi connectivity index (χ3n) is 3.52. The van der Waals surface area contributed by atoms with E-state index in [1.54, 1.807) is 7.05 Å². The van der Waals surface area contributed by atoms with Crippen molar-refractivity contribution in [2.24, 2.45) is 5.92 Å². The molecule has 0 spiro atoms. The average molecular weight is 332 g/mol. The number of ether oxygens (including phenoxy) is 1. The molecule has 1 N–H and O–H groups in total. The Bertz CT molecular complexity index is 667. The van der Waals surface area contributed by atoms with E-state index in [4.69, 9.17) is 9.15 Å². The van der Waals surface area contributed by atoms with Gasteiger partial charge >= 0.3 is 6.09 Å². The molecule has 0 fully saturated rings. The van der Waals surface area contributed by atoms with Crippen LogP contribution >= 0.6 is 0 Å². The zero-order chi connectivity index (χ0) is 17.7. The minimum atomic E-state index is -0.410. The first-order chi connectivity index (χ1) is 11.4. The zero-order valence-corrected chi connectivity index (χ0v) is 14.7. The number of aromatic nitrogens is 2. The second-order valence-corrected chi connectivity index (χ2v) is 6.07. The van der Waals surface area contributed by atoms with Crippen molar-refractivity contribution < 1.29 is 13.9 Å². The number of methoxy groups -OCH3 is 1. The number of anilines is 2. The Hall–Kier alpha value is -2.57. The minimum Gasteiger partial charge on any atom is -0.452 e. The molecule has 1 heterocycles. The van der Waals surface area contributed by atoms with Crippen LogP contribution < -0.4 is 10.2 Å². The molecular formula is C17H24N4O3. The summed E-state index contributed by atoms with van der Waals surface area (Å²) in [6.07, 6.45) is 0.362. The van der Waals surface area contributed by atoms with Gasteiger partial charge in [0.2, 0.25) is 11.8 Å². The molecule has 1 amide bonds. The van der Waals surface area contributed by atoms with Gasteiger partial charge in [0.25, 0.3) is 0 Å². The summed E-state index contributed by atoms with van der Waals surface area (Å²) in [6, 6.07) is 7.34. The maximum Gasteiger partial charge on any atom is 0.413 e. The maximum atomic E-state index is 11.5. The molecule has 1 aromatic heterocycles. The van der Waals surface area contributed by atoms with Gasteiger partial charge in [-0.1, -0.05) is 13.8 Å². The van der Waals surface area contributed by atoms with Gasteiger partial charge in [-0.15, -0.1) is 10.2 Å². The van der Waals surface area contributed by atoms with E-state index in [1.807, 2.05) is 31.2 Å². The van der Waals surface area contributed by atoms with E-state index in [2.05, 4.69) is 29.4 Å². The molecule has 0 radical (unpaired) electrons. The Morgan fingerprint density at radius 3 is 2.50 bits per heavy atom. The number of carbonyl (C=O) groups is 1. The van der Waals surface area contributed by atoms with Crippen molar-refractivity contribution >= 4 is 17.5 Å². The Kier molecular flexibility index (Phi) is 5.78. The topological polar surface area (TPSA) is 80.5 Å². The van der Waals surface area contributed by atoms with Crippen molar-refractivity contribution in [1.29, 1.82) is 0 Å². The van der Waals surface area contributed by atoms with Crippen molar-refractivity contribution in [2.75, 3.05) is 24.4 Å². The molecule has 0 aliphatic heterocycles. The van der Waals surface area contributed by atoms with E-state index < -0.39 is 6.09 Å². The zero-order valence-electron chi connectivity index (χ0n) is 14.7. The number of nitrogens with zero attached hydrogens (tertiary/aromatic N) is 3. The lowest BCUT2D eigenvalue weighted by molar-refractivity contribution is 0.180. The molecule has 0 unspecified atom stereocenters. The molecule has 7 heteroatoms. The van der Waals surface area contributed by atoms with Crippen LogP contribution in [0.15, 0.2) is 28.7 Å². The number of amides is 1. The summed E-state index contributed by atoms with van der Waals surface area (Å²) in [5, 5.41) is 11.5. The third-order valence-corrected chi connectivity index (χ3v) is 3.52. The van der Waals surface area contributed by atoms with E-state index in [0.717, 1.165) is 17.8 Å². The standard InChI is InChI=1S/C17H24N4O3/c1-11(2)10-15-19-20-16(24-15)12(3)18-13-6-8-14(9-7-13)21(4)17(22)23-5/h6-9,11-12,18H,10H2,1-5H3/t12-/m1/s1. The summed E-state index contributed by atoms with van der Waals surface area (Å²) in [7, 11) is 3.01. The van der Waals surface area contributed by atoms with Gasteiger partial charge in [0, 0.05) is 24.8 Å². The van der Waals surface area contributed by atoms with Crippen molar-refractivity contribution in [3.05, 3.63) is 36.0 Å². The fraction of sp³-hybridized carbons (Fsp3) is 0.471. The highest BCUT2D eigenvalue weighted by Gasteiger charge is 2.15. The highest BCUT2D eigenvalue weighted by molar-refractivity contribution is 5.87. The van der Waals surface area contributed by atoms with E-state index in [1.165, 1.54) is 12.0 Å². The number of benzene rings is 1. The second kappa shape index (κ2) is 7.81. The maximum absolute atomic E-state index is 11.5. The molecule has 1 aromatic carbocycles. The Balaban J connectivity index is 2.00. The number of hydrogen-bond donors (Lipinski definition) is 1. The average Bonchev–Trinajstić information content (AvgIpc) is 3.02. The molecule has 130 valence electrons. The number of carbonyl (C=O) groups excluding carboxylic acids is 1. The lowest BCUT2D eigenvalue weighted by atomic mass is 10.1. The van der Waals surface area contributed by atoms with Crippen LogP contribution in [-0.4, -0.2) is 30.4 Å². The van der Waals surface area contributed by atoms with Gasteiger partial charge in [-0.05, 0) is 37.1 Å². The molecule has 0 aliphatic rings. The van der Waals surface area contributed by atoms with E-state index in [0.29, 0.717) is 17.7 Å². The van der Waals surface area contributed by atoms with E-state index in [9.17, 15) is 4.79 Å². The van der Waals surface area contributed by atoms with Crippen LogP contribution in [0.4, 0.5) is 16.2 Å². The van der Waals surface area contributed by atoms with Crippen LogP contribution in [0.3, 0.4) is 0 Å². The van der Waals surface area contributed by atoms with Crippen LogP contribution in [-0.2, 0) is 11.2 Å². The first-order valence-corrected chi connectivity index (χ1v) is 7.91. The number of hydrogen-bond acceptors (Lipinski definition) is 6. The molecule has 1 atom stereocenters. The summed E-state index contributed by atoms with van der Waals surface area (Å²) in [5.41, 5.74) is 1.64. The van der Waals surface area contributed by atoms with Gasteiger partial charge in [0.05, 0.1) is 7.11 Å². The van der Waals surface area contributed by atoms with Crippen molar-refractivity contribution in [3.8, 4) is 0 Å². The Morgan fingerprint density at radius 2 is 1.92 bits per heavy atom. The molecule has 7 nitrogen and oxygen atoms in total. The lowest BCUT2D eigenvalue weighted by Crippen LogP contribution is -2.25. The molecule has 0 saturated carbocycles. The highest BCUT2D eigenvalue weighted by Crippen LogP contribution is 2.22. The van der Waals surface area contributed by atoms with Crippen molar-refractivity contribution in [3.63, 3.8) is 0 Å². The summed E-state index contributed by atoms with van der Waals surface area (Å²) < 4.78 is 10.4. The van der Waals surface area contributed by atoms with Gasteiger partial charge in [0.15, 0.2) is 0 Å². The second-order valence-electron chi connectivity index (χ2n) is 6.07. The van der Waals surface area contributed by atoms with Crippen molar-refractivity contribution in [1.82, 2.24) is 10.2 Å². The molecule has 0 saturated heterocycles. The monoisotopic (exact) mass is 332 g/mol. The molecule has 0 aliphatic carbocycles. The summed E-state index contributed by atoms with van der Waals surface area (Å²) in [6.45, 7) is 6.18. The van der Waals surface area contributed by atoms with E-state index in [-0.39, 0.29) is 6.04 Å². The summed E-state index contributed by atoms with van der Waals surface area (Å²) in [4.78, 5) is 12.9. The predicted molar refractivity (Wildman–Crippen MR) is 92.1 cm³/mol.